The first-order valence-corrected chi connectivity index (χ1v) is 11.8. The zero-order valence-electron chi connectivity index (χ0n) is 14.8. The molecule has 8 nitrogen and oxygen atoms in total. The fourth-order valence-corrected chi connectivity index (χ4v) is 5.87. The smallest absolute Gasteiger partial charge is 0.233 e. The average molecular weight is 408 g/mol. The van der Waals surface area contributed by atoms with Crippen molar-refractivity contribution in [2.24, 2.45) is 0 Å². The van der Waals surface area contributed by atoms with Crippen molar-refractivity contribution in [2.75, 3.05) is 17.3 Å². The van der Waals surface area contributed by atoms with Crippen LogP contribution in [0.3, 0.4) is 0 Å². The van der Waals surface area contributed by atoms with Crippen LogP contribution in [0.15, 0.2) is 35.5 Å². The molecule has 1 amide bonds. The van der Waals surface area contributed by atoms with E-state index < -0.39 is 9.84 Å². The molecule has 1 atom stereocenters. The highest BCUT2D eigenvalue weighted by atomic mass is 32.2. The number of amides is 1. The van der Waals surface area contributed by atoms with Gasteiger partial charge in [-0.1, -0.05) is 42.1 Å². The van der Waals surface area contributed by atoms with Crippen LogP contribution in [0.4, 0.5) is 0 Å². The van der Waals surface area contributed by atoms with Gasteiger partial charge in [-0.15, -0.1) is 5.10 Å². The molecule has 4 rings (SSSR count). The van der Waals surface area contributed by atoms with Crippen LogP contribution in [-0.4, -0.2) is 68.8 Å². The van der Waals surface area contributed by atoms with Gasteiger partial charge in [0.05, 0.1) is 23.8 Å². The first kappa shape index (κ1) is 18.4. The number of carbonyl (C=O) groups is 1. The molecule has 0 radical (unpaired) electrons. The molecule has 0 N–H and O–H groups in total. The minimum atomic E-state index is -3.02. The van der Waals surface area contributed by atoms with Crippen molar-refractivity contribution in [1.82, 2.24) is 25.1 Å². The Morgan fingerprint density at radius 2 is 1.96 bits per heavy atom. The van der Waals surface area contributed by atoms with E-state index in [2.05, 4.69) is 15.5 Å². The summed E-state index contributed by atoms with van der Waals surface area (Å²) in [5, 5.41) is 12.3. The summed E-state index contributed by atoms with van der Waals surface area (Å²) in [4.78, 5) is 14.6. The van der Waals surface area contributed by atoms with Crippen LogP contribution >= 0.6 is 11.8 Å². The molecule has 1 aliphatic heterocycles. The zero-order valence-corrected chi connectivity index (χ0v) is 16.4. The van der Waals surface area contributed by atoms with E-state index in [9.17, 15) is 13.2 Å². The van der Waals surface area contributed by atoms with Crippen molar-refractivity contribution in [2.45, 2.75) is 43.0 Å². The van der Waals surface area contributed by atoms with E-state index >= 15 is 0 Å². The number of thioether (sulfide) groups is 1. The average Bonchev–Trinajstić information content (AvgIpc) is 3.27. The highest BCUT2D eigenvalue weighted by Gasteiger charge is 2.41. The number of carbonyl (C=O) groups excluding carboxylic acids is 1. The van der Waals surface area contributed by atoms with Gasteiger partial charge in [-0.3, -0.25) is 4.79 Å². The lowest BCUT2D eigenvalue weighted by atomic mass is 10.2. The molecule has 2 fully saturated rings. The quantitative estimate of drug-likeness (QED) is 0.631. The molecule has 1 saturated carbocycles. The van der Waals surface area contributed by atoms with Crippen molar-refractivity contribution in [1.29, 1.82) is 0 Å². The highest BCUT2D eigenvalue weighted by Crippen LogP contribution is 2.33. The van der Waals surface area contributed by atoms with Gasteiger partial charge in [0.2, 0.25) is 11.1 Å². The summed E-state index contributed by atoms with van der Waals surface area (Å²) in [5.41, 5.74) is 1.08. The second kappa shape index (κ2) is 7.59. The summed E-state index contributed by atoms with van der Waals surface area (Å²) in [6.45, 7) is 0.539. The van der Waals surface area contributed by atoms with Crippen LogP contribution in [0.2, 0.25) is 0 Å². The molecule has 1 unspecified atom stereocenters. The Balaban J connectivity index is 1.39. The highest BCUT2D eigenvalue weighted by molar-refractivity contribution is 7.99. The number of nitrogens with zero attached hydrogens (tertiary/aromatic N) is 5. The molecular formula is C17H21N5O3S2. The maximum absolute atomic E-state index is 12.8. The molecule has 2 aromatic rings. The molecular weight excluding hydrogens is 386 g/mol. The second-order valence-corrected chi connectivity index (χ2v) is 10.2. The molecule has 144 valence electrons. The summed E-state index contributed by atoms with van der Waals surface area (Å²) >= 11 is 1.30. The molecule has 1 aromatic heterocycles. The van der Waals surface area contributed by atoms with E-state index in [1.54, 1.807) is 4.68 Å². The number of hydrogen-bond acceptors (Lipinski definition) is 7. The lowest BCUT2D eigenvalue weighted by Gasteiger charge is -2.28. The Hall–Kier alpha value is -1.94. The third kappa shape index (κ3) is 4.49. The number of aromatic nitrogens is 4. The van der Waals surface area contributed by atoms with Crippen LogP contribution < -0.4 is 0 Å². The van der Waals surface area contributed by atoms with Crippen LogP contribution in [0.1, 0.15) is 24.8 Å². The van der Waals surface area contributed by atoms with E-state index in [0.717, 1.165) is 18.4 Å². The molecule has 1 aromatic carbocycles. The summed E-state index contributed by atoms with van der Waals surface area (Å²) in [6.07, 6.45) is 2.46. The first-order chi connectivity index (χ1) is 13.0. The summed E-state index contributed by atoms with van der Waals surface area (Å²) in [5.74, 6) is 0.448. The number of hydrogen-bond donors (Lipinski definition) is 0. The zero-order chi connectivity index (χ0) is 18.9. The predicted molar refractivity (Wildman–Crippen MR) is 101 cm³/mol. The molecule has 1 aliphatic carbocycles. The monoisotopic (exact) mass is 407 g/mol. The van der Waals surface area contributed by atoms with Crippen LogP contribution in [0, 0.1) is 0 Å². The van der Waals surface area contributed by atoms with Crippen molar-refractivity contribution in [3.8, 4) is 0 Å². The van der Waals surface area contributed by atoms with E-state index in [4.69, 9.17) is 0 Å². The van der Waals surface area contributed by atoms with Crippen LogP contribution in [-0.2, 0) is 21.2 Å². The molecule has 2 heterocycles. The molecule has 10 heteroatoms. The predicted octanol–water partition coefficient (Wildman–Crippen LogP) is 0.992. The Morgan fingerprint density at radius 3 is 2.63 bits per heavy atom. The SMILES string of the molecule is O=C(CSc1nnnn1Cc1ccccc1)N(C1CC1)C1CCS(=O)(=O)C1. The van der Waals surface area contributed by atoms with Gasteiger partial charge >= 0.3 is 0 Å². The molecule has 2 aliphatic rings. The molecule has 0 spiro atoms. The molecule has 1 saturated heterocycles. The van der Waals surface area contributed by atoms with Gasteiger partial charge in [-0.2, -0.15) is 0 Å². The Morgan fingerprint density at radius 1 is 1.19 bits per heavy atom. The fourth-order valence-electron chi connectivity index (χ4n) is 3.41. The van der Waals surface area contributed by atoms with E-state index in [0.29, 0.717) is 18.1 Å². The van der Waals surface area contributed by atoms with Crippen molar-refractivity contribution in [3.05, 3.63) is 35.9 Å². The first-order valence-electron chi connectivity index (χ1n) is 8.96. The van der Waals surface area contributed by atoms with Crippen molar-refractivity contribution >= 4 is 27.5 Å². The normalized spacial score (nSPS) is 21.3. The van der Waals surface area contributed by atoms with E-state index in [-0.39, 0.29) is 35.2 Å². The van der Waals surface area contributed by atoms with Crippen molar-refractivity contribution in [3.63, 3.8) is 0 Å². The lowest BCUT2D eigenvalue weighted by Crippen LogP contribution is -2.43. The number of rotatable bonds is 7. The molecule has 0 bridgehead atoms. The maximum atomic E-state index is 12.8. The number of sulfone groups is 1. The fraction of sp³-hybridized carbons (Fsp3) is 0.529. The van der Waals surface area contributed by atoms with Crippen molar-refractivity contribution < 1.29 is 13.2 Å². The van der Waals surface area contributed by atoms with Crippen LogP contribution in [0.5, 0.6) is 0 Å². The third-order valence-corrected chi connectivity index (χ3v) is 7.52. The van der Waals surface area contributed by atoms with E-state index in [1.165, 1.54) is 11.8 Å². The minimum Gasteiger partial charge on any atom is -0.335 e. The Labute approximate surface area is 162 Å². The molecule has 27 heavy (non-hydrogen) atoms. The van der Waals surface area contributed by atoms with Gasteiger partial charge < -0.3 is 4.90 Å². The second-order valence-electron chi connectivity index (χ2n) is 6.98. The van der Waals surface area contributed by atoms with Crippen LogP contribution in [0.25, 0.3) is 0 Å². The third-order valence-electron chi connectivity index (χ3n) is 4.83. The largest absolute Gasteiger partial charge is 0.335 e. The summed E-state index contributed by atoms with van der Waals surface area (Å²) in [7, 11) is -3.02. The lowest BCUT2D eigenvalue weighted by molar-refractivity contribution is -0.130. The van der Waals surface area contributed by atoms with Gasteiger partial charge in [0.25, 0.3) is 0 Å². The number of benzene rings is 1. The number of tetrazole rings is 1. The van der Waals surface area contributed by atoms with Gasteiger partial charge in [-0.05, 0) is 35.3 Å². The maximum Gasteiger partial charge on any atom is 0.233 e. The van der Waals surface area contributed by atoms with E-state index in [1.807, 2.05) is 35.2 Å². The van der Waals surface area contributed by atoms with Gasteiger partial charge in [0.15, 0.2) is 9.84 Å². The minimum absolute atomic E-state index is 0.0288. The Bertz CT molecular complexity index is 912. The van der Waals surface area contributed by atoms with Gasteiger partial charge in [0.1, 0.15) is 0 Å². The summed E-state index contributed by atoms with van der Waals surface area (Å²) in [6, 6.07) is 9.87. The van der Waals surface area contributed by atoms with Gasteiger partial charge in [-0.25, -0.2) is 13.1 Å². The standard InChI is InChI=1S/C17H21N5O3S2/c23-16(22(14-6-7-14)15-8-9-27(24,25)12-15)11-26-17-18-19-20-21(17)10-13-4-2-1-3-5-13/h1-5,14-15H,6-12H2. The summed E-state index contributed by atoms with van der Waals surface area (Å²) < 4.78 is 25.3. The topological polar surface area (TPSA) is 98.1 Å². The Kier molecular flexibility index (Phi) is 5.18. The van der Waals surface area contributed by atoms with Gasteiger partial charge in [0, 0.05) is 12.1 Å².